The minimum absolute atomic E-state index is 0.0536. The lowest BCUT2D eigenvalue weighted by molar-refractivity contribution is 0.332. The summed E-state index contributed by atoms with van der Waals surface area (Å²) < 4.78 is 10.2. The fourth-order valence-corrected chi connectivity index (χ4v) is 14.0. The monoisotopic (exact) mass is 909 g/mol. The van der Waals surface area contributed by atoms with Gasteiger partial charge in [0.25, 0.3) is 0 Å². The Bertz CT molecular complexity index is 4000. The van der Waals surface area contributed by atoms with Crippen molar-refractivity contribution in [3.63, 3.8) is 0 Å². The summed E-state index contributed by atoms with van der Waals surface area (Å²) in [5, 5.41) is 11.6. The first-order chi connectivity index (χ1) is 33.3. The van der Waals surface area contributed by atoms with E-state index in [0.29, 0.717) is 0 Å². The number of anilines is 2. The van der Waals surface area contributed by atoms with Crippen LogP contribution in [-0.2, 0) is 27.1 Å². The Labute approximate surface area is 413 Å². The van der Waals surface area contributed by atoms with Crippen LogP contribution in [0.15, 0.2) is 126 Å². The van der Waals surface area contributed by atoms with Crippen molar-refractivity contribution in [2.75, 3.05) is 5.32 Å². The van der Waals surface area contributed by atoms with E-state index in [0.717, 1.165) is 52.8 Å². The second-order valence-corrected chi connectivity index (χ2v) is 25.0. The van der Waals surface area contributed by atoms with Gasteiger partial charge in [0.05, 0.1) is 11.2 Å². The van der Waals surface area contributed by atoms with Crippen LogP contribution < -0.4 is 16.2 Å². The Kier molecular flexibility index (Phi) is 8.27. The molecule has 3 nitrogen and oxygen atoms in total. The lowest BCUT2D eigenvalue weighted by atomic mass is 9.58. The molecule has 8 aromatic carbocycles. The summed E-state index contributed by atoms with van der Waals surface area (Å²) >= 11 is 0. The van der Waals surface area contributed by atoms with Crippen molar-refractivity contribution in [1.82, 2.24) is 4.57 Å². The molecule has 345 valence electrons. The summed E-state index contributed by atoms with van der Waals surface area (Å²) in [6.07, 6.45) is 4.67. The number of aryl methyl sites for hydroxylation is 1. The summed E-state index contributed by atoms with van der Waals surface area (Å²) in [6, 6.07) is 46.9. The molecule has 0 atom stereocenters. The van der Waals surface area contributed by atoms with Crippen molar-refractivity contribution in [2.24, 2.45) is 0 Å². The molecule has 10 aromatic rings. The molecule has 4 heteroatoms. The zero-order chi connectivity index (χ0) is 48.2. The van der Waals surface area contributed by atoms with Gasteiger partial charge >= 0.3 is 0 Å². The number of benzene rings is 8. The Morgan fingerprint density at radius 3 is 1.87 bits per heavy atom. The largest absolute Gasteiger partial charge is 0.455 e. The maximum absolute atomic E-state index is 7.52. The van der Waals surface area contributed by atoms with Crippen molar-refractivity contribution in [3.8, 4) is 27.9 Å². The lowest BCUT2D eigenvalue weighted by Gasteiger charge is -2.42. The highest BCUT2D eigenvalue weighted by molar-refractivity contribution is 6.73. The van der Waals surface area contributed by atoms with E-state index < -0.39 is 0 Å². The summed E-state index contributed by atoms with van der Waals surface area (Å²) in [5.74, 6) is 0. The summed E-state index contributed by atoms with van der Waals surface area (Å²) in [7, 11) is 2.50. The van der Waals surface area contributed by atoms with Crippen molar-refractivity contribution in [1.29, 1.82) is 0 Å². The van der Waals surface area contributed by atoms with Crippen molar-refractivity contribution >= 4 is 84.1 Å². The van der Waals surface area contributed by atoms with Gasteiger partial charge in [-0.25, -0.2) is 0 Å². The van der Waals surface area contributed by atoms with Gasteiger partial charge in [0.15, 0.2) is 7.28 Å². The SMILES string of the molecule is Cc1cc2c(cc1Nc1ccc3c(oc4cc5c(cc43)C(C)(C)CCC5(C)C)c1-c1cc3c(c4c1[B]c1cccc5c6cc7ccccc7cc6n-4c15)-c1ccccc1C3(C)C)C(C)(C)CCC2(C)C. The van der Waals surface area contributed by atoms with Crippen LogP contribution in [0.1, 0.15) is 134 Å². The van der Waals surface area contributed by atoms with Gasteiger partial charge in [-0.3, -0.25) is 0 Å². The van der Waals surface area contributed by atoms with Gasteiger partial charge in [0.1, 0.15) is 11.2 Å². The molecule has 1 N–H and O–H groups in total. The van der Waals surface area contributed by atoms with E-state index in [-0.39, 0.29) is 27.1 Å². The minimum atomic E-state index is -0.263. The molecular weight excluding hydrogens is 848 g/mol. The van der Waals surface area contributed by atoms with E-state index in [1.807, 2.05) is 0 Å². The first-order valence-corrected chi connectivity index (χ1v) is 25.9. The van der Waals surface area contributed by atoms with Gasteiger partial charge in [0.2, 0.25) is 0 Å². The molecule has 70 heavy (non-hydrogen) atoms. The molecule has 0 saturated carbocycles. The average molecular weight is 910 g/mol. The normalized spacial score (nSPS) is 18.4. The van der Waals surface area contributed by atoms with E-state index in [9.17, 15) is 0 Å². The van der Waals surface area contributed by atoms with E-state index >= 15 is 0 Å². The molecule has 1 radical (unpaired) electrons. The van der Waals surface area contributed by atoms with Crippen molar-refractivity contribution in [2.45, 2.75) is 129 Å². The highest BCUT2D eigenvalue weighted by Crippen LogP contribution is 2.56. The van der Waals surface area contributed by atoms with E-state index in [4.69, 9.17) is 4.42 Å². The number of nitrogens with one attached hydrogen (secondary N) is 1. The number of nitrogens with zero attached hydrogens (tertiary/aromatic N) is 1. The third-order valence-corrected chi connectivity index (χ3v) is 18.4. The van der Waals surface area contributed by atoms with Crippen LogP contribution in [0, 0.1) is 6.92 Å². The van der Waals surface area contributed by atoms with Crippen molar-refractivity contribution in [3.05, 3.63) is 160 Å². The van der Waals surface area contributed by atoms with Crippen LogP contribution in [0.2, 0.25) is 0 Å². The standard InChI is InChI=1S/C66H62BN2O/c1-36-29-46-48(64(6,7)27-25-62(46,2)3)34-53(36)68-52-24-23-40-43-32-47-49(65(8,9)28-26-63(47,4)5)35-55(43)70-61(40)57(52)44-33-50-56(41-19-14-15-21-45(41)66(50,10)11)60-58(44)67-51-22-16-20-39-42-30-37-17-12-13-18-38(37)31-54(42)69(60)59(39)51/h12-24,29-35,68H,25-28H2,1-11H3. The quantitative estimate of drug-likeness (QED) is 0.179. The van der Waals surface area contributed by atoms with Gasteiger partial charge in [-0.15, -0.1) is 0 Å². The molecular formula is C66H62BN2O. The second kappa shape index (κ2) is 13.7. The predicted molar refractivity (Wildman–Crippen MR) is 299 cm³/mol. The number of para-hydroxylation sites is 1. The Balaban J connectivity index is 1.12. The molecule has 4 aliphatic rings. The molecule has 2 aromatic heterocycles. The highest BCUT2D eigenvalue weighted by atomic mass is 16.3. The summed E-state index contributed by atoms with van der Waals surface area (Å²) in [5.41, 5.74) is 25.1. The molecule has 3 aliphatic carbocycles. The van der Waals surface area contributed by atoms with Gasteiger partial charge < -0.3 is 14.3 Å². The Hall–Kier alpha value is -6.52. The van der Waals surface area contributed by atoms with Crippen LogP contribution in [0.4, 0.5) is 11.4 Å². The van der Waals surface area contributed by atoms with Crippen LogP contribution >= 0.6 is 0 Å². The maximum atomic E-state index is 7.52. The molecule has 0 fully saturated rings. The molecule has 0 bridgehead atoms. The van der Waals surface area contributed by atoms with Gasteiger partial charge in [-0.1, -0.05) is 147 Å². The fraction of sp³-hybridized carbons (Fsp3) is 0.303. The highest BCUT2D eigenvalue weighted by Gasteiger charge is 2.43. The van der Waals surface area contributed by atoms with Gasteiger partial charge in [-0.05, 0) is 169 Å². The van der Waals surface area contributed by atoms with E-state index in [1.54, 1.807) is 0 Å². The zero-order valence-electron chi connectivity index (χ0n) is 42.8. The summed E-state index contributed by atoms with van der Waals surface area (Å²) in [6.45, 7) is 26.6. The number of fused-ring (bicyclic) bond motifs is 15. The number of rotatable bonds is 3. The second-order valence-electron chi connectivity index (χ2n) is 25.0. The first-order valence-electron chi connectivity index (χ1n) is 25.9. The van der Waals surface area contributed by atoms with Gasteiger partial charge in [0, 0.05) is 55.0 Å². The van der Waals surface area contributed by atoms with Crippen molar-refractivity contribution < 1.29 is 4.42 Å². The molecule has 3 heterocycles. The number of aromatic nitrogens is 1. The number of hydrogen-bond donors (Lipinski definition) is 1. The van der Waals surface area contributed by atoms with E-state index in [2.05, 4.69) is 215 Å². The molecule has 1 aliphatic heterocycles. The fourth-order valence-electron chi connectivity index (χ4n) is 14.0. The molecule has 0 saturated heterocycles. The average Bonchev–Trinajstić information content (AvgIpc) is 3.94. The minimum Gasteiger partial charge on any atom is -0.455 e. The third-order valence-electron chi connectivity index (χ3n) is 18.4. The van der Waals surface area contributed by atoms with E-state index in [1.165, 1.54) is 117 Å². The summed E-state index contributed by atoms with van der Waals surface area (Å²) in [4.78, 5) is 0. The lowest BCUT2D eigenvalue weighted by Crippen LogP contribution is -2.38. The molecule has 0 amide bonds. The third kappa shape index (κ3) is 5.60. The van der Waals surface area contributed by atoms with Crippen LogP contribution in [0.5, 0.6) is 0 Å². The van der Waals surface area contributed by atoms with Crippen LogP contribution in [0.3, 0.4) is 0 Å². The number of hydrogen-bond acceptors (Lipinski definition) is 2. The first kappa shape index (κ1) is 42.4. The Morgan fingerprint density at radius 2 is 1.14 bits per heavy atom. The molecule has 14 rings (SSSR count). The topological polar surface area (TPSA) is 30.1 Å². The predicted octanol–water partition coefficient (Wildman–Crippen LogP) is 16.5. The number of furan rings is 1. The van der Waals surface area contributed by atoms with Crippen LogP contribution in [0.25, 0.3) is 82.5 Å². The zero-order valence-corrected chi connectivity index (χ0v) is 42.8. The Morgan fingerprint density at radius 1 is 0.500 bits per heavy atom. The molecule has 0 unspecified atom stereocenters. The molecule has 0 spiro atoms. The van der Waals surface area contributed by atoms with Gasteiger partial charge in [-0.2, -0.15) is 0 Å². The van der Waals surface area contributed by atoms with Crippen LogP contribution in [-0.4, -0.2) is 11.8 Å². The maximum Gasteiger partial charge on any atom is 0.197 e. The smallest absolute Gasteiger partial charge is 0.197 e.